The van der Waals surface area contributed by atoms with Crippen LogP contribution in [0.25, 0.3) is 11.5 Å². The number of hydrogen-bond donors (Lipinski definition) is 1. The molecule has 0 aliphatic carbocycles. The number of rotatable bonds is 6. The molecule has 2 aromatic carbocycles. The summed E-state index contributed by atoms with van der Waals surface area (Å²) in [6.45, 7) is 0.346. The van der Waals surface area contributed by atoms with Gasteiger partial charge < -0.3 is 9.73 Å². The van der Waals surface area contributed by atoms with Crippen LogP contribution in [0.4, 0.5) is 4.39 Å². The molecule has 3 rings (SSSR count). The second kappa shape index (κ2) is 7.74. The van der Waals surface area contributed by atoms with Gasteiger partial charge in [0.2, 0.25) is 11.8 Å². The summed E-state index contributed by atoms with van der Waals surface area (Å²) in [5, 5.41) is 11.0. The molecule has 1 N–H and O–H groups in total. The van der Waals surface area contributed by atoms with Crippen molar-refractivity contribution in [2.45, 2.75) is 11.8 Å². The summed E-state index contributed by atoms with van der Waals surface area (Å²) in [5.41, 5.74) is 1.66. The van der Waals surface area contributed by atoms with Crippen molar-refractivity contribution in [3.63, 3.8) is 0 Å². The third-order valence-electron chi connectivity index (χ3n) is 3.16. The van der Waals surface area contributed by atoms with Gasteiger partial charge in [0.15, 0.2) is 0 Å². The van der Waals surface area contributed by atoms with Crippen molar-refractivity contribution < 1.29 is 13.6 Å². The van der Waals surface area contributed by atoms with E-state index in [4.69, 9.17) is 4.42 Å². The lowest BCUT2D eigenvalue weighted by Gasteiger charge is -2.04. The normalized spacial score (nSPS) is 10.5. The van der Waals surface area contributed by atoms with Gasteiger partial charge in [0.25, 0.3) is 5.22 Å². The number of hydrogen-bond acceptors (Lipinski definition) is 5. The number of aromatic nitrogens is 2. The van der Waals surface area contributed by atoms with Gasteiger partial charge in [-0.25, -0.2) is 4.39 Å². The molecule has 122 valence electrons. The summed E-state index contributed by atoms with van der Waals surface area (Å²) in [6.07, 6.45) is 0. The molecule has 1 aromatic heterocycles. The predicted molar refractivity (Wildman–Crippen MR) is 88.7 cm³/mol. The van der Waals surface area contributed by atoms with Gasteiger partial charge in [0, 0.05) is 12.1 Å². The number of carbonyl (C=O) groups is 1. The van der Waals surface area contributed by atoms with Gasteiger partial charge in [0.05, 0.1) is 5.75 Å². The summed E-state index contributed by atoms with van der Waals surface area (Å²) in [4.78, 5) is 11.8. The number of benzene rings is 2. The number of thioether (sulfide) groups is 1. The molecule has 7 heteroatoms. The molecule has 1 amide bonds. The molecule has 0 aliphatic rings. The third kappa shape index (κ3) is 4.42. The van der Waals surface area contributed by atoms with E-state index in [1.165, 1.54) is 23.9 Å². The Morgan fingerprint density at radius 1 is 1.08 bits per heavy atom. The van der Waals surface area contributed by atoms with Crippen LogP contribution in [0, 0.1) is 5.82 Å². The van der Waals surface area contributed by atoms with Crippen LogP contribution in [0.5, 0.6) is 0 Å². The number of carbonyl (C=O) groups excluding carboxylic acids is 1. The van der Waals surface area contributed by atoms with Crippen molar-refractivity contribution >= 4 is 17.7 Å². The Morgan fingerprint density at radius 3 is 2.58 bits per heavy atom. The highest BCUT2D eigenvalue weighted by Crippen LogP contribution is 2.22. The lowest BCUT2D eigenvalue weighted by molar-refractivity contribution is -0.118. The molecule has 0 radical (unpaired) electrons. The molecule has 3 aromatic rings. The molecule has 24 heavy (non-hydrogen) atoms. The van der Waals surface area contributed by atoms with Crippen molar-refractivity contribution in [1.29, 1.82) is 0 Å². The van der Waals surface area contributed by atoms with Gasteiger partial charge in [-0.15, -0.1) is 10.2 Å². The summed E-state index contributed by atoms with van der Waals surface area (Å²) in [5.74, 6) is 0.123. The Labute approximate surface area is 142 Å². The van der Waals surface area contributed by atoms with E-state index in [1.54, 1.807) is 12.1 Å². The maximum atomic E-state index is 12.8. The molecule has 0 bridgehead atoms. The Balaban J connectivity index is 1.48. The van der Waals surface area contributed by atoms with Crippen LogP contribution >= 0.6 is 11.8 Å². The van der Waals surface area contributed by atoms with E-state index in [-0.39, 0.29) is 17.5 Å². The molecule has 0 saturated heterocycles. The fourth-order valence-electron chi connectivity index (χ4n) is 1.95. The van der Waals surface area contributed by atoms with E-state index in [2.05, 4.69) is 15.5 Å². The van der Waals surface area contributed by atoms with Crippen LogP contribution in [0.15, 0.2) is 64.2 Å². The average Bonchev–Trinajstić information content (AvgIpc) is 3.09. The molecule has 0 unspecified atom stereocenters. The first-order chi connectivity index (χ1) is 11.7. The smallest absolute Gasteiger partial charge is 0.277 e. The van der Waals surface area contributed by atoms with E-state index >= 15 is 0 Å². The highest BCUT2D eigenvalue weighted by Gasteiger charge is 2.10. The topological polar surface area (TPSA) is 68.0 Å². The van der Waals surface area contributed by atoms with E-state index in [0.717, 1.165) is 11.1 Å². The van der Waals surface area contributed by atoms with Crippen LogP contribution in [-0.4, -0.2) is 21.9 Å². The highest BCUT2D eigenvalue weighted by atomic mass is 32.2. The molecule has 0 atom stereocenters. The fourth-order valence-corrected chi connectivity index (χ4v) is 2.54. The van der Waals surface area contributed by atoms with Crippen molar-refractivity contribution in [2.24, 2.45) is 0 Å². The minimum atomic E-state index is -0.300. The second-order valence-electron chi connectivity index (χ2n) is 4.93. The number of nitrogens with one attached hydrogen (secondary N) is 1. The van der Waals surface area contributed by atoms with Crippen molar-refractivity contribution in [3.05, 3.63) is 66.0 Å². The Morgan fingerprint density at radius 2 is 1.83 bits per heavy atom. The first kappa shape index (κ1) is 16.2. The lowest BCUT2D eigenvalue weighted by atomic mass is 10.2. The minimum absolute atomic E-state index is 0.163. The zero-order valence-electron chi connectivity index (χ0n) is 12.6. The van der Waals surface area contributed by atoms with Gasteiger partial charge in [0.1, 0.15) is 5.82 Å². The first-order valence-corrected chi connectivity index (χ1v) is 8.22. The Hall–Kier alpha value is -2.67. The van der Waals surface area contributed by atoms with Crippen molar-refractivity contribution in [1.82, 2.24) is 15.5 Å². The Bertz CT molecular complexity index is 806. The van der Waals surface area contributed by atoms with Gasteiger partial charge in [-0.1, -0.05) is 42.1 Å². The standard InChI is InChI=1S/C17H14FN3O2S/c18-14-8-6-12(7-9-14)10-19-15(22)11-24-17-21-20-16(23-17)13-4-2-1-3-5-13/h1-9H,10-11H2,(H,19,22). The van der Waals surface area contributed by atoms with Gasteiger partial charge in [-0.3, -0.25) is 4.79 Å². The predicted octanol–water partition coefficient (Wildman–Crippen LogP) is 3.28. The molecule has 0 fully saturated rings. The van der Waals surface area contributed by atoms with E-state index in [0.29, 0.717) is 17.7 Å². The zero-order valence-corrected chi connectivity index (χ0v) is 13.4. The summed E-state index contributed by atoms with van der Waals surface area (Å²) in [6, 6.07) is 15.4. The average molecular weight is 343 g/mol. The SMILES string of the molecule is O=C(CSc1nnc(-c2ccccc2)o1)NCc1ccc(F)cc1. The number of amides is 1. The van der Waals surface area contributed by atoms with E-state index < -0.39 is 0 Å². The van der Waals surface area contributed by atoms with Crippen LogP contribution in [0.1, 0.15) is 5.56 Å². The maximum absolute atomic E-state index is 12.8. The summed E-state index contributed by atoms with van der Waals surface area (Å²) >= 11 is 1.17. The molecule has 1 heterocycles. The van der Waals surface area contributed by atoms with Crippen LogP contribution in [0.3, 0.4) is 0 Å². The monoisotopic (exact) mass is 343 g/mol. The van der Waals surface area contributed by atoms with Gasteiger partial charge in [-0.2, -0.15) is 0 Å². The van der Waals surface area contributed by atoms with Gasteiger partial charge in [-0.05, 0) is 29.8 Å². The minimum Gasteiger partial charge on any atom is -0.411 e. The Kier molecular flexibility index (Phi) is 5.22. The van der Waals surface area contributed by atoms with Crippen LogP contribution < -0.4 is 5.32 Å². The molecule has 5 nitrogen and oxygen atoms in total. The molecular weight excluding hydrogens is 329 g/mol. The molecule has 0 saturated carbocycles. The molecule has 0 aliphatic heterocycles. The van der Waals surface area contributed by atoms with E-state index in [1.807, 2.05) is 30.3 Å². The molecule has 0 spiro atoms. The maximum Gasteiger partial charge on any atom is 0.277 e. The third-order valence-corrected chi connectivity index (χ3v) is 3.98. The van der Waals surface area contributed by atoms with Gasteiger partial charge >= 0.3 is 0 Å². The fraction of sp³-hybridized carbons (Fsp3) is 0.118. The summed E-state index contributed by atoms with van der Waals surface area (Å²) < 4.78 is 18.3. The van der Waals surface area contributed by atoms with Crippen molar-refractivity contribution in [2.75, 3.05) is 5.75 Å². The first-order valence-electron chi connectivity index (χ1n) is 7.23. The summed E-state index contributed by atoms with van der Waals surface area (Å²) in [7, 11) is 0. The van der Waals surface area contributed by atoms with Crippen LogP contribution in [-0.2, 0) is 11.3 Å². The largest absolute Gasteiger partial charge is 0.411 e. The van der Waals surface area contributed by atoms with Crippen molar-refractivity contribution in [3.8, 4) is 11.5 Å². The molecular formula is C17H14FN3O2S. The number of halogens is 1. The zero-order chi connectivity index (χ0) is 16.8. The van der Waals surface area contributed by atoms with E-state index in [9.17, 15) is 9.18 Å². The lowest BCUT2D eigenvalue weighted by Crippen LogP contribution is -2.24. The highest BCUT2D eigenvalue weighted by molar-refractivity contribution is 7.99. The quantitative estimate of drug-likeness (QED) is 0.696. The number of nitrogens with zero attached hydrogens (tertiary/aromatic N) is 2. The van der Waals surface area contributed by atoms with Crippen LogP contribution in [0.2, 0.25) is 0 Å². The second-order valence-corrected chi connectivity index (χ2v) is 5.86.